The lowest BCUT2D eigenvalue weighted by Gasteiger charge is -2.64. The van der Waals surface area contributed by atoms with Crippen LogP contribution >= 0.6 is 0 Å². The standard InChI is InChI=1S/C35H58O9/c1-29(2)22(43-28-25(40)24(39)20(38)16-42-28)9-11-35-17-34(35)13-12-31(5)27(33(7)10-8-23(44-33)30(3,4)41)19(37)15-32(31,6)21(34)14-18(36)26(29)35/h18-28,36-41H,8-17H2,1-7H3/t18-,19-,20-,21-,22-,23+,24+,25-,26-,27+,28+,31-,32+,33-,34+,35-/m1/s1. The predicted octanol–water partition coefficient (Wildman–Crippen LogP) is 2.90. The maximum absolute atomic E-state index is 12.1. The van der Waals surface area contributed by atoms with Crippen LogP contribution in [0.3, 0.4) is 0 Å². The number of hydrogen-bond donors (Lipinski definition) is 6. The summed E-state index contributed by atoms with van der Waals surface area (Å²) in [6, 6.07) is 0. The quantitative estimate of drug-likeness (QED) is 0.260. The van der Waals surface area contributed by atoms with Crippen molar-refractivity contribution in [3.8, 4) is 0 Å². The van der Waals surface area contributed by atoms with Crippen LogP contribution < -0.4 is 0 Å². The van der Waals surface area contributed by atoms with Crippen LogP contribution in [0.2, 0.25) is 0 Å². The lowest BCUT2D eigenvalue weighted by atomic mass is 9.41. The first kappa shape index (κ1) is 32.2. The molecule has 2 heterocycles. The van der Waals surface area contributed by atoms with Gasteiger partial charge in [0.25, 0.3) is 0 Å². The van der Waals surface area contributed by atoms with Crippen LogP contribution in [-0.4, -0.2) is 97.5 Å². The van der Waals surface area contributed by atoms with Gasteiger partial charge in [0, 0.05) is 5.92 Å². The number of aliphatic hydroxyl groups excluding tert-OH is 5. The van der Waals surface area contributed by atoms with E-state index in [4.69, 9.17) is 14.2 Å². The Morgan fingerprint density at radius 3 is 2.11 bits per heavy atom. The molecular formula is C35H58O9. The van der Waals surface area contributed by atoms with E-state index < -0.39 is 53.4 Å². The van der Waals surface area contributed by atoms with Crippen LogP contribution in [0.5, 0.6) is 0 Å². The molecule has 9 nitrogen and oxygen atoms in total. The highest BCUT2D eigenvalue weighted by atomic mass is 16.7. The second-order valence-electron chi connectivity index (χ2n) is 18.3. The van der Waals surface area contributed by atoms with Crippen molar-refractivity contribution in [1.29, 1.82) is 0 Å². The molecule has 2 aliphatic heterocycles. The second kappa shape index (κ2) is 9.63. The molecule has 0 aromatic heterocycles. The summed E-state index contributed by atoms with van der Waals surface area (Å²) in [6.07, 6.45) is 1.57. The molecule has 16 atom stereocenters. The summed E-state index contributed by atoms with van der Waals surface area (Å²) < 4.78 is 18.7. The van der Waals surface area contributed by atoms with E-state index in [2.05, 4.69) is 34.6 Å². The zero-order valence-corrected chi connectivity index (χ0v) is 27.8. The molecule has 7 rings (SSSR count). The fraction of sp³-hybridized carbons (Fsp3) is 1.00. The predicted molar refractivity (Wildman–Crippen MR) is 161 cm³/mol. The molecule has 0 aromatic carbocycles. The topological polar surface area (TPSA) is 149 Å². The van der Waals surface area contributed by atoms with Gasteiger partial charge in [0.2, 0.25) is 0 Å². The number of aliphatic hydroxyl groups is 6. The van der Waals surface area contributed by atoms with E-state index in [9.17, 15) is 30.6 Å². The van der Waals surface area contributed by atoms with E-state index in [0.29, 0.717) is 18.8 Å². The summed E-state index contributed by atoms with van der Waals surface area (Å²) in [5.74, 6) is 0.285. The van der Waals surface area contributed by atoms with E-state index in [0.717, 1.165) is 44.9 Å². The largest absolute Gasteiger partial charge is 0.393 e. The van der Waals surface area contributed by atoms with Crippen LogP contribution in [-0.2, 0) is 14.2 Å². The minimum Gasteiger partial charge on any atom is -0.393 e. The molecule has 5 saturated carbocycles. The van der Waals surface area contributed by atoms with E-state index >= 15 is 0 Å². The first-order valence-corrected chi connectivity index (χ1v) is 17.4. The Morgan fingerprint density at radius 1 is 0.750 bits per heavy atom. The number of hydrogen-bond acceptors (Lipinski definition) is 9. The Bertz CT molecular complexity index is 1160. The average Bonchev–Trinajstić information content (AvgIpc) is 3.27. The second-order valence-corrected chi connectivity index (χ2v) is 18.3. The minimum absolute atomic E-state index is 0.00753. The maximum Gasteiger partial charge on any atom is 0.186 e. The maximum atomic E-state index is 12.1. The first-order valence-electron chi connectivity index (χ1n) is 17.4. The van der Waals surface area contributed by atoms with E-state index in [1.807, 2.05) is 13.8 Å². The fourth-order valence-electron chi connectivity index (χ4n) is 13.4. The third kappa shape index (κ3) is 3.97. The van der Waals surface area contributed by atoms with Crippen LogP contribution in [0, 0.1) is 44.8 Å². The average molecular weight is 623 g/mol. The third-order valence-corrected chi connectivity index (χ3v) is 15.5. The lowest BCUT2D eigenvalue weighted by molar-refractivity contribution is -0.306. The molecule has 9 heteroatoms. The molecule has 0 bridgehead atoms. The first-order chi connectivity index (χ1) is 20.3. The highest BCUT2D eigenvalue weighted by molar-refractivity contribution is 5.33. The van der Waals surface area contributed by atoms with Gasteiger partial charge in [0.15, 0.2) is 6.29 Å². The van der Waals surface area contributed by atoms with Crippen molar-refractivity contribution in [2.45, 2.75) is 166 Å². The van der Waals surface area contributed by atoms with Crippen LogP contribution in [0.25, 0.3) is 0 Å². The number of rotatable bonds is 4. The van der Waals surface area contributed by atoms with Gasteiger partial charge in [-0.1, -0.05) is 27.7 Å². The van der Waals surface area contributed by atoms with Gasteiger partial charge in [-0.15, -0.1) is 0 Å². The minimum atomic E-state index is -1.33. The Labute approximate surface area is 262 Å². The van der Waals surface area contributed by atoms with Crippen molar-refractivity contribution < 1.29 is 44.8 Å². The van der Waals surface area contributed by atoms with E-state index in [-0.39, 0.29) is 52.3 Å². The van der Waals surface area contributed by atoms with Gasteiger partial charge in [-0.05, 0) is 117 Å². The van der Waals surface area contributed by atoms with Crippen molar-refractivity contribution in [2.75, 3.05) is 6.61 Å². The van der Waals surface area contributed by atoms with Crippen LogP contribution in [0.15, 0.2) is 0 Å². The molecule has 7 aliphatic rings. The fourth-order valence-corrected chi connectivity index (χ4v) is 13.4. The van der Waals surface area contributed by atoms with Gasteiger partial charge in [0.05, 0.1) is 42.2 Å². The molecular weight excluding hydrogens is 564 g/mol. The highest BCUT2D eigenvalue weighted by Gasteiger charge is 2.85. The molecule has 0 radical (unpaired) electrons. The van der Waals surface area contributed by atoms with E-state index in [1.54, 1.807) is 0 Å². The Morgan fingerprint density at radius 2 is 1.45 bits per heavy atom. The Kier molecular flexibility index (Phi) is 7.04. The molecule has 6 N–H and O–H groups in total. The summed E-state index contributed by atoms with van der Waals surface area (Å²) in [5.41, 5.74) is -2.01. The summed E-state index contributed by atoms with van der Waals surface area (Å²) in [7, 11) is 0. The Hall–Kier alpha value is -0.360. The normalized spacial score (nSPS) is 59.8. The summed E-state index contributed by atoms with van der Waals surface area (Å²) in [4.78, 5) is 0. The number of ether oxygens (including phenoxy) is 3. The number of fused-ring (bicyclic) bond motifs is 2. The molecule has 7 fully saturated rings. The summed E-state index contributed by atoms with van der Waals surface area (Å²) >= 11 is 0. The lowest BCUT2D eigenvalue weighted by Crippen LogP contribution is -2.63. The summed E-state index contributed by atoms with van der Waals surface area (Å²) in [5, 5.41) is 65.5. The molecule has 252 valence electrons. The molecule has 0 amide bonds. The Balaban J connectivity index is 1.15. The summed E-state index contributed by atoms with van der Waals surface area (Å²) in [6.45, 7) is 14.8. The highest BCUT2D eigenvalue weighted by Crippen LogP contribution is 2.89. The SMILES string of the molecule is CC(C)(O)[C@@H]1CC[C@](C)([C@H]2[C@H](O)C[C@@]3(C)[C@H]4C[C@@H](O)[C@@H]5C(C)(C)[C@H](O[C@@H]6OC[C@@H](O)[C@H](O)[C@H]6O)CC[C@@]56C[C@@]46CC[C@]23C)O1. The molecule has 5 aliphatic carbocycles. The van der Waals surface area contributed by atoms with Crippen molar-refractivity contribution >= 4 is 0 Å². The van der Waals surface area contributed by atoms with Crippen molar-refractivity contribution in [3.05, 3.63) is 0 Å². The zero-order valence-electron chi connectivity index (χ0n) is 27.8. The smallest absolute Gasteiger partial charge is 0.186 e. The molecule has 0 unspecified atom stereocenters. The van der Waals surface area contributed by atoms with Gasteiger partial charge >= 0.3 is 0 Å². The van der Waals surface area contributed by atoms with Gasteiger partial charge in [-0.2, -0.15) is 0 Å². The van der Waals surface area contributed by atoms with Crippen LogP contribution in [0.1, 0.15) is 106 Å². The van der Waals surface area contributed by atoms with Gasteiger partial charge < -0.3 is 44.8 Å². The molecule has 2 spiro atoms. The third-order valence-electron chi connectivity index (χ3n) is 15.5. The van der Waals surface area contributed by atoms with E-state index in [1.165, 1.54) is 0 Å². The van der Waals surface area contributed by atoms with Crippen molar-refractivity contribution in [3.63, 3.8) is 0 Å². The molecule has 2 saturated heterocycles. The van der Waals surface area contributed by atoms with Gasteiger partial charge in [-0.25, -0.2) is 0 Å². The van der Waals surface area contributed by atoms with Crippen LogP contribution in [0.4, 0.5) is 0 Å². The van der Waals surface area contributed by atoms with Gasteiger partial charge in [0.1, 0.15) is 18.3 Å². The van der Waals surface area contributed by atoms with Crippen molar-refractivity contribution in [1.82, 2.24) is 0 Å². The zero-order chi connectivity index (χ0) is 32.0. The monoisotopic (exact) mass is 622 g/mol. The molecule has 0 aromatic rings. The van der Waals surface area contributed by atoms with Gasteiger partial charge in [-0.3, -0.25) is 0 Å². The molecule has 44 heavy (non-hydrogen) atoms. The van der Waals surface area contributed by atoms with Crippen molar-refractivity contribution in [2.24, 2.45) is 44.8 Å².